The van der Waals surface area contributed by atoms with Gasteiger partial charge in [0, 0.05) is 15.7 Å². The molecule has 142 valence electrons. The summed E-state index contributed by atoms with van der Waals surface area (Å²) < 4.78 is 2.61. The van der Waals surface area contributed by atoms with Gasteiger partial charge in [0.2, 0.25) is 10.6 Å². The molecule has 0 unspecified atom stereocenters. The Morgan fingerprint density at radius 1 is 1.15 bits per heavy atom. The normalized spacial score (nSPS) is 34.0. The average Bonchev–Trinajstić information content (AvgIpc) is 3.00. The van der Waals surface area contributed by atoms with Crippen LogP contribution in [0.15, 0.2) is 29.3 Å². The topological polar surface area (TPSA) is 59.8 Å². The molecule has 1 aromatic carbocycles. The first kappa shape index (κ1) is 18.0. The molecule has 0 spiro atoms. The zero-order valence-corrected chi connectivity index (χ0v) is 17.7. The zero-order valence-electron chi connectivity index (χ0n) is 14.6. The summed E-state index contributed by atoms with van der Waals surface area (Å²) in [6, 6.07) is 5.16. The highest BCUT2D eigenvalue weighted by atomic mass is 79.9. The number of nitrogens with zero attached hydrogens (tertiary/aromatic N) is 3. The summed E-state index contributed by atoms with van der Waals surface area (Å²) in [4.78, 5) is 17.7. The van der Waals surface area contributed by atoms with Crippen molar-refractivity contribution in [2.75, 3.05) is 5.32 Å². The Morgan fingerprint density at radius 3 is 2.41 bits per heavy atom. The second kappa shape index (κ2) is 6.19. The Kier molecular flexibility index (Phi) is 4.12. The van der Waals surface area contributed by atoms with E-state index in [4.69, 9.17) is 23.2 Å². The Labute approximate surface area is 175 Å². The van der Waals surface area contributed by atoms with Crippen molar-refractivity contribution in [3.05, 3.63) is 39.3 Å². The first-order chi connectivity index (χ1) is 12.9. The lowest BCUT2D eigenvalue weighted by Crippen LogP contribution is -2.60. The largest absolute Gasteiger partial charge is 0.326 e. The molecular formula is C19H19BrCl2N4O. The van der Waals surface area contributed by atoms with Gasteiger partial charge >= 0.3 is 0 Å². The second-order valence-electron chi connectivity index (χ2n) is 8.54. The molecule has 4 aliphatic carbocycles. The minimum absolute atomic E-state index is 0.0819. The van der Waals surface area contributed by atoms with Crippen LogP contribution in [0, 0.1) is 17.3 Å². The highest BCUT2D eigenvalue weighted by Crippen LogP contribution is 2.64. The van der Waals surface area contributed by atoms with Gasteiger partial charge in [0.15, 0.2) is 0 Å². The predicted molar refractivity (Wildman–Crippen MR) is 108 cm³/mol. The predicted octanol–water partition coefficient (Wildman–Crippen LogP) is 5.28. The van der Waals surface area contributed by atoms with Crippen LogP contribution in [0.2, 0.25) is 10.0 Å². The van der Waals surface area contributed by atoms with Crippen molar-refractivity contribution in [1.29, 1.82) is 0 Å². The lowest BCUT2D eigenvalue weighted by Gasteiger charge is -2.60. The number of carbonyl (C=O) groups is 1. The monoisotopic (exact) mass is 468 g/mol. The molecule has 0 saturated heterocycles. The van der Waals surface area contributed by atoms with Gasteiger partial charge in [-0.3, -0.25) is 4.79 Å². The lowest BCUT2D eigenvalue weighted by molar-refractivity contribution is -0.150. The summed E-state index contributed by atoms with van der Waals surface area (Å²) in [7, 11) is 0. The standard InChI is InChI=1S/C19H19BrCl2N4O/c20-17-23-10-26(25-17)19-7-11-1-12(8-19)6-18(5-11,9-19)16(27)24-15-3-13(21)2-14(22)4-15/h2-4,10-12H,1,5-9H2,(H,24,27)/t11-,12-,18?,19?/m1/s1. The maximum atomic E-state index is 13.4. The van der Waals surface area contributed by atoms with Crippen molar-refractivity contribution in [2.45, 2.75) is 44.1 Å². The van der Waals surface area contributed by atoms with Gasteiger partial charge in [-0.25, -0.2) is 9.67 Å². The van der Waals surface area contributed by atoms with Crippen LogP contribution in [0.25, 0.3) is 0 Å². The van der Waals surface area contributed by atoms with E-state index in [9.17, 15) is 4.79 Å². The number of hydrogen-bond donors (Lipinski definition) is 1. The maximum Gasteiger partial charge on any atom is 0.230 e. The number of aromatic nitrogens is 3. The van der Waals surface area contributed by atoms with Crippen LogP contribution in [0.5, 0.6) is 0 Å². The van der Waals surface area contributed by atoms with Gasteiger partial charge in [-0.1, -0.05) is 23.2 Å². The number of carbonyl (C=O) groups excluding carboxylic acids is 1. The van der Waals surface area contributed by atoms with E-state index in [1.54, 1.807) is 24.5 Å². The van der Waals surface area contributed by atoms with E-state index in [0.29, 0.717) is 32.3 Å². The molecule has 0 radical (unpaired) electrons. The van der Waals surface area contributed by atoms with Crippen LogP contribution in [-0.2, 0) is 10.3 Å². The van der Waals surface area contributed by atoms with Crippen molar-refractivity contribution in [3.8, 4) is 0 Å². The molecular weight excluding hydrogens is 451 g/mol. The zero-order chi connectivity index (χ0) is 18.8. The molecule has 0 aliphatic heterocycles. The molecule has 4 fully saturated rings. The number of halogens is 3. The Balaban J connectivity index is 1.47. The van der Waals surface area contributed by atoms with Crippen molar-refractivity contribution in [3.63, 3.8) is 0 Å². The number of amides is 1. The van der Waals surface area contributed by atoms with E-state index in [1.807, 2.05) is 4.68 Å². The van der Waals surface area contributed by atoms with Gasteiger partial charge in [0.05, 0.1) is 11.0 Å². The van der Waals surface area contributed by atoms with Crippen LogP contribution in [0.4, 0.5) is 5.69 Å². The van der Waals surface area contributed by atoms with E-state index in [2.05, 4.69) is 31.3 Å². The fraction of sp³-hybridized carbons (Fsp3) is 0.526. The van der Waals surface area contributed by atoms with Gasteiger partial charge in [0.1, 0.15) is 6.33 Å². The lowest BCUT2D eigenvalue weighted by atomic mass is 9.46. The Bertz CT molecular complexity index is 896. The van der Waals surface area contributed by atoms with E-state index in [0.717, 1.165) is 32.1 Å². The first-order valence-corrected chi connectivity index (χ1v) is 10.8. The van der Waals surface area contributed by atoms with Crippen LogP contribution < -0.4 is 5.32 Å². The molecule has 4 bridgehead atoms. The summed E-state index contributed by atoms with van der Waals surface area (Å²) >= 11 is 15.6. The third-order valence-electron chi connectivity index (χ3n) is 6.58. The minimum atomic E-state index is -0.364. The SMILES string of the molecule is O=C(Nc1cc(Cl)cc(Cl)c1)C12C[C@H]3C[C@H](C1)CC(n1cnc(Br)n1)(C3)C2. The van der Waals surface area contributed by atoms with Crippen molar-refractivity contribution in [2.24, 2.45) is 17.3 Å². The number of anilines is 1. The molecule has 1 aromatic heterocycles. The third-order valence-corrected chi connectivity index (χ3v) is 7.38. The summed E-state index contributed by atoms with van der Waals surface area (Å²) in [6.07, 6.45) is 7.88. The van der Waals surface area contributed by atoms with Crippen LogP contribution in [-0.4, -0.2) is 20.7 Å². The number of benzene rings is 1. The second-order valence-corrected chi connectivity index (χ2v) is 10.1. The molecule has 2 aromatic rings. The van der Waals surface area contributed by atoms with Crippen molar-refractivity contribution < 1.29 is 4.79 Å². The summed E-state index contributed by atoms with van der Waals surface area (Å²) in [6.45, 7) is 0. The van der Waals surface area contributed by atoms with Crippen molar-refractivity contribution >= 4 is 50.7 Å². The molecule has 1 heterocycles. The van der Waals surface area contributed by atoms with Crippen molar-refractivity contribution in [1.82, 2.24) is 14.8 Å². The summed E-state index contributed by atoms with van der Waals surface area (Å²) in [5, 5.41) is 8.69. The molecule has 4 saturated carbocycles. The molecule has 4 aliphatic rings. The maximum absolute atomic E-state index is 13.4. The van der Waals surface area contributed by atoms with E-state index < -0.39 is 0 Å². The van der Waals surface area contributed by atoms with Gasteiger partial charge in [0.25, 0.3) is 0 Å². The fourth-order valence-electron chi connectivity index (χ4n) is 6.11. The number of hydrogen-bond acceptors (Lipinski definition) is 3. The van der Waals surface area contributed by atoms with Gasteiger partial charge in [-0.15, -0.1) is 5.10 Å². The van der Waals surface area contributed by atoms with Crippen LogP contribution >= 0.6 is 39.1 Å². The molecule has 2 atom stereocenters. The Hall–Kier alpha value is -1.11. The molecule has 5 nitrogen and oxygen atoms in total. The highest BCUT2D eigenvalue weighted by molar-refractivity contribution is 9.10. The number of nitrogens with one attached hydrogen (secondary N) is 1. The molecule has 27 heavy (non-hydrogen) atoms. The molecule has 1 amide bonds. The minimum Gasteiger partial charge on any atom is -0.326 e. The Morgan fingerprint density at radius 2 is 1.81 bits per heavy atom. The van der Waals surface area contributed by atoms with E-state index in [-0.39, 0.29) is 16.9 Å². The third kappa shape index (κ3) is 3.00. The molecule has 8 heteroatoms. The quantitative estimate of drug-likeness (QED) is 0.664. The summed E-state index contributed by atoms with van der Waals surface area (Å²) in [5.41, 5.74) is 0.190. The molecule has 6 rings (SSSR count). The van der Waals surface area contributed by atoms with E-state index >= 15 is 0 Å². The fourth-order valence-corrected chi connectivity index (χ4v) is 6.90. The number of rotatable bonds is 3. The highest BCUT2D eigenvalue weighted by Gasteiger charge is 2.61. The van der Waals surface area contributed by atoms with Gasteiger partial charge in [-0.05, 0) is 84.5 Å². The van der Waals surface area contributed by atoms with Gasteiger partial charge < -0.3 is 5.32 Å². The van der Waals surface area contributed by atoms with Crippen LogP contribution in [0.1, 0.15) is 38.5 Å². The summed E-state index contributed by atoms with van der Waals surface area (Å²) in [5.74, 6) is 1.20. The average molecular weight is 470 g/mol. The van der Waals surface area contributed by atoms with Gasteiger partial charge in [-0.2, -0.15) is 0 Å². The van der Waals surface area contributed by atoms with E-state index in [1.165, 1.54) is 6.42 Å². The first-order valence-electron chi connectivity index (χ1n) is 9.21. The smallest absolute Gasteiger partial charge is 0.230 e. The molecule has 1 N–H and O–H groups in total. The van der Waals surface area contributed by atoms with Crippen LogP contribution in [0.3, 0.4) is 0 Å².